The number of nitrogens with zero attached hydrogens (tertiary/aromatic N) is 2. The number of aliphatic carboxylic acids is 1. The summed E-state index contributed by atoms with van der Waals surface area (Å²) in [6.45, 7) is 3.85. The lowest BCUT2D eigenvalue weighted by atomic mass is 9.98. The molecule has 2 aromatic carbocycles. The minimum atomic E-state index is -1.28. The second kappa shape index (κ2) is 8.95. The Hall–Kier alpha value is -2.74. The van der Waals surface area contributed by atoms with Gasteiger partial charge in [0.1, 0.15) is 6.61 Å². The Labute approximate surface area is 176 Å². The van der Waals surface area contributed by atoms with Crippen LogP contribution in [0.15, 0.2) is 48.5 Å². The van der Waals surface area contributed by atoms with E-state index in [4.69, 9.17) is 10.5 Å². The lowest BCUT2D eigenvalue weighted by molar-refractivity contribution is -0.161. The number of carboxylic acids is 1. The molecule has 2 aromatic rings. The summed E-state index contributed by atoms with van der Waals surface area (Å²) in [6, 6.07) is 14.9. The van der Waals surface area contributed by atoms with Gasteiger partial charge in [-0.2, -0.15) is 0 Å². The standard InChI is InChI=1S/C23H27N3O4/c24-9-10-25-11-13-26(14-12-25)21(22(27)28)23(29)30-15-20-18-7-3-1-5-16(18)17-6-2-4-8-19(17)20/h1-8,20-21H,9-15,24H2,(H,27,28). The average molecular weight is 409 g/mol. The monoisotopic (exact) mass is 409 g/mol. The van der Waals surface area contributed by atoms with Crippen LogP contribution in [0.5, 0.6) is 0 Å². The topological polar surface area (TPSA) is 96.1 Å². The van der Waals surface area contributed by atoms with Crippen molar-refractivity contribution in [3.63, 3.8) is 0 Å². The maximum atomic E-state index is 12.8. The van der Waals surface area contributed by atoms with Gasteiger partial charge < -0.3 is 15.6 Å². The Balaban J connectivity index is 1.45. The predicted octanol–water partition coefficient (Wildman–Crippen LogP) is 1.37. The summed E-state index contributed by atoms with van der Waals surface area (Å²) in [7, 11) is 0. The lowest BCUT2D eigenvalue weighted by Gasteiger charge is -2.36. The van der Waals surface area contributed by atoms with Gasteiger partial charge in [0.15, 0.2) is 0 Å². The van der Waals surface area contributed by atoms with E-state index < -0.39 is 18.0 Å². The Bertz CT molecular complexity index is 879. The molecule has 1 aliphatic carbocycles. The van der Waals surface area contributed by atoms with Crippen LogP contribution < -0.4 is 5.73 Å². The Morgan fingerprint density at radius 1 is 1.00 bits per heavy atom. The number of esters is 1. The van der Waals surface area contributed by atoms with Crippen molar-refractivity contribution < 1.29 is 19.4 Å². The molecule has 1 saturated heterocycles. The van der Waals surface area contributed by atoms with Gasteiger partial charge in [-0.05, 0) is 22.3 Å². The number of carboxylic acid groups (broad SMARTS) is 1. The molecule has 3 N–H and O–H groups in total. The normalized spacial score (nSPS) is 17.9. The van der Waals surface area contributed by atoms with Gasteiger partial charge in [0, 0.05) is 45.2 Å². The van der Waals surface area contributed by atoms with Gasteiger partial charge >= 0.3 is 11.9 Å². The second-order valence-electron chi connectivity index (χ2n) is 7.76. The van der Waals surface area contributed by atoms with Gasteiger partial charge in [-0.1, -0.05) is 48.5 Å². The zero-order valence-electron chi connectivity index (χ0n) is 16.9. The van der Waals surface area contributed by atoms with Crippen LogP contribution in [0.25, 0.3) is 11.1 Å². The first-order valence-electron chi connectivity index (χ1n) is 10.3. The van der Waals surface area contributed by atoms with Crippen molar-refractivity contribution in [2.45, 2.75) is 12.0 Å². The Morgan fingerprint density at radius 2 is 1.57 bits per heavy atom. The number of piperazine rings is 1. The first-order valence-corrected chi connectivity index (χ1v) is 10.3. The molecular formula is C23H27N3O4. The van der Waals surface area contributed by atoms with E-state index in [9.17, 15) is 14.7 Å². The van der Waals surface area contributed by atoms with Crippen molar-refractivity contribution in [2.24, 2.45) is 5.73 Å². The summed E-state index contributed by atoms with van der Waals surface area (Å²) in [6.07, 6.45) is 0. The fourth-order valence-corrected chi connectivity index (χ4v) is 4.52. The van der Waals surface area contributed by atoms with Gasteiger partial charge in [-0.25, -0.2) is 9.59 Å². The number of benzene rings is 2. The van der Waals surface area contributed by atoms with Crippen LogP contribution in [-0.2, 0) is 14.3 Å². The van der Waals surface area contributed by atoms with Gasteiger partial charge in [-0.15, -0.1) is 0 Å². The summed E-state index contributed by atoms with van der Waals surface area (Å²) >= 11 is 0. The molecular weight excluding hydrogens is 382 g/mol. The van der Waals surface area contributed by atoms with Gasteiger partial charge in [-0.3, -0.25) is 9.80 Å². The van der Waals surface area contributed by atoms with Gasteiger partial charge in [0.05, 0.1) is 0 Å². The number of rotatable bonds is 7. The number of carbonyl (C=O) groups is 2. The molecule has 2 aliphatic rings. The third kappa shape index (κ3) is 3.96. The fraction of sp³-hybridized carbons (Fsp3) is 0.391. The highest BCUT2D eigenvalue weighted by Crippen LogP contribution is 2.44. The molecule has 7 nitrogen and oxygen atoms in total. The van der Waals surface area contributed by atoms with Crippen molar-refractivity contribution in [3.8, 4) is 11.1 Å². The number of hydrogen-bond acceptors (Lipinski definition) is 6. The Morgan fingerprint density at radius 3 is 2.10 bits per heavy atom. The molecule has 0 bridgehead atoms. The minimum absolute atomic E-state index is 0.0859. The highest BCUT2D eigenvalue weighted by molar-refractivity contribution is 5.98. The molecule has 1 atom stereocenters. The largest absolute Gasteiger partial charge is 0.480 e. The molecule has 7 heteroatoms. The molecule has 1 fully saturated rings. The van der Waals surface area contributed by atoms with Crippen LogP contribution >= 0.6 is 0 Å². The number of carbonyl (C=O) groups excluding carboxylic acids is 1. The van der Waals surface area contributed by atoms with E-state index in [1.165, 1.54) is 0 Å². The second-order valence-corrected chi connectivity index (χ2v) is 7.76. The molecule has 158 valence electrons. The zero-order valence-corrected chi connectivity index (χ0v) is 16.9. The van der Waals surface area contributed by atoms with E-state index in [1.807, 2.05) is 36.4 Å². The summed E-state index contributed by atoms with van der Waals surface area (Å²) in [4.78, 5) is 28.5. The van der Waals surface area contributed by atoms with Crippen molar-refractivity contribution in [3.05, 3.63) is 59.7 Å². The van der Waals surface area contributed by atoms with Crippen LogP contribution in [0.1, 0.15) is 17.0 Å². The van der Waals surface area contributed by atoms with Crippen molar-refractivity contribution in [1.29, 1.82) is 0 Å². The van der Waals surface area contributed by atoms with Crippen molar-refractivity contribution >= 4 is 11.9 Å². The van der Waals surface area contributed by atoms with Crippen LogP contribution in [0.3, 0.4) is 0 Å². The molecule has 1 unspecified atom stereocenters. The summed E-state index contributed by atoms with van der Waals surface area (Å²) in [5.74, 6) is -1.95. The minimum Gasteiger partial charge on any atom is -0.480 e. The fourth-order valence-electron chi connectivity index (χ4n) is 4.52. The van der Waals surface area contributed by atoms with E-state index in [2.05, 4.69) is 17.0 Å². The molecule has 0 amide bonds. The molecule has 1 aliphatic heterocycles. The van der Waals surface area contributed by atoms with Gasteiger partial charge in [0.2, 0.25) is 6.04 Å². The van der Waals surface area contributed by atoms with E-state index in [0.29, 0.717) is 32.7 Å². The van der Waals surface area contributed by atoms with Gasteiger partial charge in [0.25, 0.3) is 0 Å². The number of ether oxygens (including phenoxy) is 1. The molecule has 4 rings (SSSR count). The SMILES string of the molecule is NCCN1CCN(C(C(=O)O)C(=O)OCC2c3ccccc3-c3ccccc32)CC1. The molecule has 0 aromatic heterocycles. The maximum absolute atomic E-state index is 12.8. The van der Waals surface area contributed by atoms with E-state index in [0.717, 1.165) is 28.8 Å². The third-order valence-corrected chi connectivity index (χ3v) is 6.03. The quantitative estimate of drug-likeness (QED) is 0.527. The summed E-state index contributed by atoms with van der Waals surface area (Å²) < 4.78 is 5.60. The molecule has 0 saturated carbocycles. The van der Waals surface area contributed by atoms with Crippen LogP contribution in [-0.4, -0.2) is 78.8 Å². The number of nitrogens with two attached hydrogens (primary N) is 1. The van der Waals surface area contributed by atoms with E-state index in [-0.39, 0.29) is 12.5 Å². The van der Waals surface area contributed by atoms with Crippen molar-refractivity contribution in [2.75, 3.05) is 45.9 Å². The highest BCUT2D eigenvalue weighted by atomic mass is 16.5. The van der Waals surface area contributed by atoms with Crippen LogP contribution in [0.2, 0.25) is 0 Å². The average Bonchev–Trinajstić information content (AvgIpc) is 3.07. The predicted molar refractivity (Wildman–Crippen MR) is 113 cm³/mol. The highest BCUT2D eigenvalue weighted by Gasteiger charge is 2.37. The summed E-state index contributed by atoms with van der Waals surface area (Å²) in [5.41, 5.74) is 10.1. The molecule has 1 heterocycles. The van der Waals surface area contributed by atoms with Crippen LogP contribution in [0.4, 0.5) is 0 Å². The van der Waals surface area contributed by atoms with E-state index in [1.54, 1.807) is 4.90 Å². The molecule has 0 spiro atoms. The maximum Gasteiger partial charge on any atom is 0.335 e. The van der Waals surface area contributed by atoms with Crippen LogP contribution in [0, 0.1) is 0 Å². The Kier molecular flexibility index (Phi) is 6.13. The first kappa shape index (κ1) is 20.5. The lowest BCUT2D eigenvalue weighted by Crippen LogP contribution is -2.56. The molecule has 30 heavy (non-hydrogen) atoms. The molecule has 0 radical (unpaired) electrons. The number of hydrogen-bond donors (Lipinski definition) is 2. The summed E-state index contributed by atoms with van der Waals surface area (Å²) in [5, 5.41) is 9.70. The zero-order chi connectivity index (χ0) is 21.1. The van der Waals surface area contributed by atoms with E-state index >= 15 is 0 Å². The number of fused-ring (bicyclic) bond motifs is 3. The third-order valence-electron chi connectivity index (χ3n) is 6.03. The first-order chi connectivity index (χ1) is 14.6. The smallest absolute Gasteiger partial charge is 0.335 e. The van der Waals surface area contributed by atoms with Crippen molar-refractivity contribution in [1.82, 2.24) is 9.80 Å².